The third kappa shape index (κ3) is 1.52. The molecule has 0 amide bonds. The molecule has 5 nitrogen and oxygen atoms in total. The van der Waals surface area contributed by atoms with Gasteiger partial charge in [-0.1, -0.05) is 5.16 Å². The van der Waals surface area contributed by atoms with Crippen LogP contribution in [0.1, 0.15) is 19.8 Å². The number of nitrogens with zero attached hydrogens (tertiary/aromatic N) is 3. The Kier molecular flexibility index (Phi) is 2.50. The van der Waals surface area contributed by atoms with Gasteiger partial charge in [-0.15, -0.1) is 0 Å². The van der Waals surface area contributed by atoms with Gasteiger partial charge < -0.3 is 15.8 Å². The van der Waals surface area contributed by atoms with Gasteiger partial charge in [-0.3, -0.25) is 4.90 Å². The molecule has 2 rings (SSSR count). The zero-order valence-corrected chi connectivity index (χ0v) is 8.56. The third-order valence-electron chi connectivity index (χ3n) is 3.33. The van der Waals surface area contributed by atoms with Crippen molar-refractivity contribution in [1.82, 2.24) is 9.80 Å². The van der Waals surface area contributed by atoms with Crippen LogP contribution in [0.5, 0.6) is 0 Å². The Morgan fingerprint density at radius 2 is 2.29 bits per heavy atom. The molecule has 5 heteroatoms. The molecule has 2 aliphatic heterocycles. The summed E-state index contributed by atoms with van der Waals surface area (Å²) < 4.78 is 0. The van der Waals surface area contributed by atoms with Crippen molar-refractivity contribution >= 4 is 5.96 Å². The summed E-state index contributed by atoms with van der Waals surface area (Å²) in [5.74, 6) is 0.254. The molecule has 0 radical (unpaired) electrons. The van der Waals surface area contributed by atoms with E-state index in [1.807, 2.05) is 4.90 Å². The number of fused-ring (bicyclic) bond motifs is 1. The Labute approximate surface area is 84.2 Å². The van der Waals surface area contributed by atoms with Crippen molar-refractivity contribution in [1.29, 1.82) is 0 Å². The molecule has 2 fully saturated rings. The molecule has 14 heavy (non-hydrogen) atoms. The first-order valence-corrected chi connectivity index (χ1v) is 5.20. The van der Waals surface area contributed by atoms with Crippen LogP contribution in [-0.2, 0) is 0 Å². The molecular formula is C9H18N4O. The first-order chi connectivity index (χ1) is 6.72. The van der Waals surface area contributed by atoms with E-state index in [0.29, 0.717) is 12.1 Å². The van der Waals surface area contributed by atoms with Crippen LogP contribution < -0.4 is 5.73 Å². The van der Waals surface area contributed by atoms with Crippen molar-refractivity contribution < 1.29 is 5.21 Å². The average Bonchev–Trinajstić information content (AvgIpc) is 2.62. The van der Waals surface area contributed by atoms with Crippen molar-refractivity contribution in [3.63, 3.8) is 0 Å². The fraction of sp³-hybridized carbons (Fsp3) is 0.889. The van der Waals surface area contributed by atoms with Crippen LogP contribution in [-0.4, -0.2) is 52.7 Å². The Bertz CT molecular complexity index is 243. The predicted octanol–water partition coefficient (Wildman–Crippen LogP) is -0.141. The Hall–Kier alpha value is -0.970. The van der Waals surface area contributed by atoms with Crippen LogP contribution in [0.4, 0.5) is 0 Å². The quantitative estimate of drug-likeness (QED) is 0.246. The fourth-order valence-electron chi connectivity index (χ4n) is 2.56. The first kappa shape index (κ1) is 9.58. The minimum Gasteiger partial charge on any atom is -0.408 e. The van der Waals surface area contributed by atoms with Crippen LogP contribution in [0.25, 0.3) is 0 Å². The lowest BCUT2D eigenvalue weighted by Gasteiger charge is -2.42. The number of hydrogen-bond donors (Lipinski definition) is 2. The minimum absolute atomic E-state index is 0.254. The Morgan fingerprint density at radius 1 is 1.50 bits per heavy atom. The second kappa shape index (κ2) is 3.65. The number of hydrogen-bond acceptors (Lipinski definition) is 3. The lowest BCUT2D eigenvalue weighted by Crippen LogP contribution is -2.58. The highest BCUT2D eigenvalue weighted by Gasteiger charge is 2.35. The van der Waals surface area contributed by atoms with E-state index < -0.39 is 0 Å². The van der Waals surface area contributed by atoms with E-state index in [-0.39, 0.29) is 5.96 Å². The maximum atomic E-state index is 8.65. The van der Waals surface area contributed by atoms with Gasteiger partial charge in [0, 0.05) is 25.2 Å². The van der Waals surface area contributed by atoms with Crippen LogP contribution in [0.2, 0.25) is 0 Å². The topological polar surface area (TPSA) is 65.1 Å². The van der Waals surface area contributed by atoms with Crippen molar-refractivity contribution in [3.8, 4) is 0 Å². The second-order valence-corrected chi connectivity index (χ2v) is 4.25. The van der Waals surface area contributed by atoms with Crippen LogP contribution in [0, 0.1) is 0 Å². The van der Waals surface area contributed by atoms with Gasteiger partial charge in [0.1, 0.15) is 0 Å². The summed E-state index contributed by atoms with van der Waals surface area (Å²) in [4.78, 5) is 4.50. The van der Waals surface area contributed by atoms with Crippen LogP contribution in [0.3, 0.4) is 0 Å². The zero-order valence-electron chi connectivity index (χ0n) is 8.56. The summed E-state index contributed by atoms with van der Waals surface area (Å²) in [7, 11) is 0. The van der Waals surface area contributed by atoms with Crippen molar-refractivity contribution in [2.45, 2.75) is 31.8 Å². The maximum absolute atomic E-state index is 8.65. The molecule has 2 atom stereocenters. The number of piperazine rings is 1. The molecule has 0 aromatic carbocycles. The summed E-state index contributed by atoms with van der Waals surface area (Å²) in [6.07, 6.45) is 2.52. The third-order valence-corrected chi connectivity index (χ3v) is 3.33. The lowest BCUT2D eigenvalue weighted by molar-refractivity contribution is 0.105. The molecule has 80 valence electrons. The normalized spacial score (nSPS) is 34.6. The molecule has 0 aromatic heterocycles. The van der Waals surface area contributed by atoms with Crippen molar-refractivity contribution in [3.05, 3.63) is 0 Å². The molecule has 0 bridgehead atoms. The second-order valence-electron chi connectivity index (χ2n) is 4.25. The highest BCUT2D eigenvalue weighted by molar-refractivity contribution is 5.77. The zero-order chi connectivity index (χ0) is 10.1. The van der Waals surface area contributed by atoms with E-state index in [0.717, 1.165) is 13.1 Å². The van der Waals surface area contributed by atoms with Crippen LogP contribution >= 0.6 is 0 Å². The molecule has 2 unspecified atom stereocenters. The number of oxime groups is 1. The SMILES string of the molecule is CC1CN2CCCC2CN1C(N)=NO. The van der Waals surface area contributed by atoms with Gasteiger partial charge in [0.05, 0.1) is 0 Å². The molecule has 2 heterocycles. The Morgan fingerprint density at radius 3 is 3.00 bits per heavy atom. The molecular weight excluding hydrogens is 180 g/mol. The fourth-order valence-corrected chi connectivity index (χ4v) is 2.56. The van der Waals surface area contributed by atoms with Gasteiger partial charge >= 0.3 is 0 Å². The monoisotopic (exact) mass is 198 g/mol. The van der Waals surface area contributed by atoms with Crippen LogP contribution in [0.15, 0.2) is 5.16 Å². The van der Waals surface area contributed by atoms with Gasteiger partial charge in [-0.25, -0.2) is 0 Å². The minimum atomic E-state index is 0.254. The van der Waals surface area contributed by atoms with Gasteiger partial charge in [0.2, 0.25) is 5.96 Å². The molecule has 0 saturated carbocycles. The Balaban J connectivity index is 2.06. The van der Waals surface area contributed by atoms with E-state index in [4.69, 9.17) is 10.9 Å². The predicted molar refractivity (Wildman–Crippen MR) is 54.2 cm³/mol. The van der Waals surface area contributed by atoms with Gasteiger partial charge in [0.15, 0.2) is 0 Å². The highest BCUT2D eigenvalue weighted by atomic mass is 16.4. The summed E-state index contributed by atoms with van der Waals surface area (Å²) in [6.45, 7) is 5.25. The van der Waals surface area contributed by atoms with E-state index in [2.05, 4.69) is 17.0 Å². The number of rotatable bonds is 0. The molecule has 2 aliphatic rings. The molecule has 0 aliphatic carbocycles. The largest absolute Gasteiger partial charge is 0.408 e. The number of nitrogens with two attached hydrogens (primary N) is 1. The lowest BCUT2D eigenvalue weighted by atomic mass is 10.1. The summed E-state index contributed by atoms with van der Waals surface area (Å²) in [5.41, 5.74) is 5.63. The summed E-state index contributed by atoms with van der Waals surface area (Å²) in [6, 6.07) is 0.951. The molecule has 0 aromatic rings. The van der Waals surface area contributed by atoms with Gasteiger partial charge in [-0.2, -0.15) is 0 Å². The number of guanidine groups is 1. The standard InChI is InChI=1S/C9H18N4O/c1-7-5-12-4-2-3-8(12)6-13(7)9(10)11-14/h7-8,14H,2-6H2,1H3,(H2,10,11). The smallest absolute Gasteiger partial charge is 0.233 e. The molecule has 2 saturated heterocycles. The van der Waals surface area contributed by atoms with Crippen molar-refractivity contribution in [2.75, 3.05) is 19.6 Å². The molecule has 0 spiro atoms. The van der Waals surface area contributed by atoms with E-state index in [1.165, 1.54) is 19.4 Å². The molecule has 3 N–H and O–H groups in total. The van der Waals surface area contributed by atoms with Crippen molar-refractivity contribution in [2.24, 2.45) is 10.9 Å². The average molecular weight is 198 g/mol. The van der Waals surface area contributed by atoms with Gasteiger partial charge in [-0.05, 0) is 26.3 Å². The van der Waals surface area contributed by atoms with Gasteiger partial charge in [0.25, 0.3) is 0 Å². The highest BCUT2D eigenvalue weighted by Crippen LogP contribution is 2.24. The summed E-state index contributed by atoms with van der Waals surface area (Å²) in [5, 5.41) is 11.7. The van der Waals surface area contributed by atoms with E-state index in [1.54, 1.807) is 0 Å². The maximum Gasteiger partial charge on any atom is 0.233 e. The summed E-state index contributed by atoms with van der Waals surface area (Å²) >= 11 is 0. The first-order valence-electron chi connectivity index (χ1n) is 5.20. The van der Waals surface area contributed by atoms with E-state index >= 15 is 0 Å². The van der Waals surface area contributed by atoms with E-state index in [9.17, 15) is 0 Å².